The first-order valence-corrected chi connectivity index (χ1v) is 6.50. The molecule has 1 aromatic carbocycles. The van der Waals surface area contributed by atoms with Gasteiger partial charge in [0.1, 0.15) is 6.10 Å². The molecule has 2 heterocycles. The van der Waals surface area contributed by atoms with Crippen molar-refractivity contribution in [2.45, 2.75) is 18.9 Å². The third-order valence-electron chi connectivity index (χ3n) is 3.26. The van der Waals surface area contributed by atoms with E-state index in [-0.39, 0.29) is 18.5 Å². The van der Waals surface area contributed by atoms with Gasteiger partial charge in [0.15, 0.2) is 5.58 Å². The van der Waals surface area contributed by atoms with Gasteiger partial charge in [0.2, 0.25) is 0 Å². The van der Waals surface area contributed by atoms with Crippen molar-refractivity contribution in [1.29, 1.82) is 0 Å². The average Bonchev–Trinajstić information content (AvgIpc) is 2.72. The van der Waals surface area contributed by atoms with Gasteiger partial charge in [0.25, 0.3) is 5.88 Å². The van der Waals surface area contributed by atoms with Crippen LogP contribution in [0.2, 0.25) is 5.02 Å². The molecule has 0 spiro atoms. The normalized spacial score (nSPS) is 20.2. The number of piperidine rings is 1. The summed E-state index contributed by atoms with van der Waals surface area (Å²) in [5.41, 5.74) is 0.668. The van der Waals surface area contributed by atoms with Crippen LogP contribution < -0.4 is 4.74 Å². The maximum absolute atomic E-state index is 5.93. The summed E-state index contributed by atoms with van der Waals surface area (Å²) in [6.45, 7) is 2.07. The third kappa shape index (κ3) is 3.14. The molecule has 0 bridgehead atoms. The van der Waals surface area contributed by atoms with E-state index in [9.17, 15) is 0 Å². The number of nitrogens with zero attached hydrogens (tertiary/aromatic N) is 2. The number of hydrogen-bond acceptors (Lipinski definition) is 4. The molecule has 1 atom stereocenters. The lowest BCUT2D eigenvalue weighted by Crippen LogP contribution is -2.38. The Morgan fingerprint density at radius 1 is 1.47 bits per heavy atom. The Morgan fingerprint density at radius 2 is 2.32 bits per heavy atom. The highest BCUT2D eigenvalue weighted by Crippen LogP contribution is 2.28. The highest BCUT2D eigenvalue weighted by Gasteiger charge is 2.21. The van der Waals surface area contributed by atoms with Gasteiger partial charge < -0.3 is 14.2 Å². The maximum Gasteiger partial charge on any atom is 0.262 e. The van der Waals surface area contributed by atoms with Gasteiger partial charge in [0.05, 0.1) is 5.39 Å². The van der Waals surface area contributed by atoms with Crippen LogP contribution in [0.25, 0.3) is 11.0 Å². The highest BCUT2D eigenvalue weighted by atomic mass is 35.5. The Labute approximate surface area is 123 Å². The number of hydrogen-bond donors (Lipinski definition) is 0. The van der Waals surface area contributed by atoms with Crippen molar-refractivity contribution in [3.63, 3.8) is 0 Å². The summed E-state index contributed by atoms with van der Waals surface area (Å²) in [4.78, 5) is 2.27. The lowest BCUT2D eigenvalue weighted by Gasteiger charge is -2.29. The molecule has 1 aromatic heterocycles. The van der Waals surface area contributed by atoms with Gasteiger partial charge in [0, 0.05) is 17.6 Å². The van der Waals surface area contributed by atoms with E-state index >= 15 is 0 Å². The smallest absolute Gasteiger partial charge is 0.262 e. The molecule has 1 aliphatic heterocycles. The van der Waals surface area contributed by atoms with Crippen molar-refractivity contribution in [2.75, 3.05) is 20.1 Å². The van der Waals surface area contributed by atoms with Gasteiger partial charge in [-0.15, -0.1) is 12.4 Å². The van der Waals surface area contributed by atoms with Crippen LogP contribution >= 0.6 is 24.0 Å². The second-order valence-corrected chi connectivity index (χ2v) is 5.21. The summed E-state index contributed by atoms with van der Waals surface area (Å²) in [5.74, 6) is 0.571. The molecule has 0 radical (unpaired) electrons. The number of likely N-dealkylation sites (N-methyl/N-ethyl adjacent to an activating group) is 1. The molecule has 2 aromatic rings. The van der Waals surface area contributed by atoms with Crippen LogP contribution in [0.5, 0.6) is 5.88 Å². The zero-order chi connectivity index (χ0) is 12.5. The van der Waals surface area contributed by atoms with Gasteiger partial charge in [-0.1, -0.05) is 11.6 Å². The fourth-order valence-electron chi connectivity index (χ4n) is 2.35. The van der Waals surface area contributed by atoms with Crippen molar-refractivity contribution in [3.05, 3.63) is 23.2 Å². The highest BCUT2D eigenvalue weighted by molar-refractivity contribution is 6.31. The Kier molecular flexibility index (Phi) is 4.55. The lowest BCUT2D eigenvalue weighted by atomic mass is 10.1. The van der Waals surface area contributed by atoms with Crippen LogP contribution in [0.15, 0.2) is 22.7 Å². The van der Waals surface area contributed by atoms with Crippen LogP contribution in [0.4, 0.5) is 0 Å². The second kappa shape index (κ2) is 5.99. The summed E-state index contributed by atoms with van der Waals surface area (Å²) in [6, 6.07) is 5.46. The zero-order valence-electron chi connectivity index (χ0n) is 10.6. The molecule has 6 heteroatoms. The summed E-state index contributed by atoms with van der Waals surface area (Å²) >= 11 is 5.90. The number of likely N-dealkylation sites (tertiary alicyclic amines) is 1. The van der Waals surface area contributed by atoms with E-state index in [0.717, 1.165) is 31.3 Å². The number of ether oxygens (including phenoxy) is 1. The van der Waals surface area contributed by atoms with Gasteiger partial charge >= 0.3 is 0 Å². The number of rotatable bonds is 2. The molecular formula is C13H16Cl2N2O2. The topological polar surface area (TPSA) is 38.5 Å². The molecule has 0 N–H and O–H groups in total. The first-order valence-electron chi connectivity index (χ1n) is 6.12. The largest absolute Gasteiger partial charge is 0.470 e. The fourth-order valence-corrected chi connectivity index (χ4v) is 2.51. The predicted molar refractivity (Wildman–Crippen MR) is 77.4 cm³/mol. The maximum atomic E-state index is 5.93. The Morgan fingerprint density at radius 3 is 3.11 bits per heavy atom. The van der Waals surface area contributed by atoms with Crippen molar-refractivity contribution in [3.8, 4) is 5.88 Å². The average molecular weight is 303 g/mol. The van der Waals surface area contributed by atoms with Crippen molar-refractivity contribution in [1.82, 2.24) is 10.1 Å². The lowest BCUT2D eigenvalue weighted by molar-refractivity contribution is 0.0976. The molecule has 0 amide bonds. The van der Waals surface area contributed by atoms with Gasteiger partial charge in [-0.05, 0) is 43.7 Å². The first kappa shape index (κ1) is 14.4. The molecule has 4 nitrogen and oxygen atoms in total. The molecule has 1 saturated heterocycles. The predicted octanol–water partition coefficient (Wildman–Crippen LogP) is 3.38. The first-order chi connectivity index (χ1) is 8.72. The third-order valence-corrected chi connectivity index (χ3v) is 3.50. The van der Waals surface area contributed by atoms with Crippen molar-refractivity contribution >= 4 is 35.0 Å². The van der Waals surface area contributed by atoms with Gasteiger partial charge in [-0.2, -0.15) is 0 Å². The number of halogens is 2. The monoisotopic (exact) mass is 302 g/mol. The molecule has 1 unspecified atom stereocenters. The fraction of sp³-hybridized carbons (Fsp3) is 0.462. The summed E-state index contributed by atoms with van der Waals surface area (Å²) in [5, 5.41) is 5.50. The quantitative estimate of drug-likeness (QED) is 0.852. The van der Waals surface area contributed by atoms with Crippen LogP contribution in [0.1, 0.15) is 12.8 Å². The van der Waals surface area contributed by atoms with Gasteiger partial charge in [-0.3, -0.25) is 0 Å². The SMILES string of the molecule is CN1CCCC(Oc2noc3cc(Cl)ccc23)C1.Cl. The van der Waals surface area contributed by atoms with E-state index in [1.165, 1.54) is 0 Å². The van der Waals surface area contributed by atoms with E-state index in [2.05, 4.69) is 17.1 Å². The van der Waals surface area contributed by atoms with E-state index in [4.69, 9.17) is 20.9 Å². The van der Waals surface area contributed by atoms with E-state index in [1.54, 1.807) is 6.07 Å². The van der Waals surface area contributed by atoms with Gasteiger partial charge in [-0.25, -0.2) is 0 Å². The van der Waals surface area contributed by atoms with E-state index in [0.29, 0.717) is 16.5 Å². The molecule has 104 valence electrons. The molecule has 1 fully saturated rings. The summed E-state index contributed by atoms with van der Waals surface area (Å²) in [7, 11) is 2.11. The van der Waals surface area contributed by atoms with Crippen molar-refractivity contribution < 1.29 is 9.26 Å². The standard InChI is InChI=1S/C13H15ClN2O2.ClH/c1-16-6-2-3-10(8-16)17-13-11-5-4-9(14)7-12(11)18-15-13;/h4-5,7,10H,2-3,6,8H2,1H3;1H. The van der Waals surface area contributed by atoms with Crippen molar-refractivity contribution in [2.24, 2.45) is 0 Å². The summed E-state index contributed by atoms with van der Waals surface area (Å²) < 4.78 is 11.2. The van der Waals surface area contributed by atoms with Crippen LogP contribution in [-0.2, 0) is 0 Å². The number of aromatic nitrogens is 1. The van der Waals surface area contributed by atoms with E-state index in [1.807, 2.05) is 12.1 Å². The molecule has 0 saturated carbocycles. The minimum absolute atomic E-state index is 0. The van der Waals surface area contributed by atoms with Crippen LogP contribution in [0.3, 0.4) is 0 Å². The Balaban J connectivity index is 0.00000133. The van der Waals surface area contributed by atoms with Crippen LogP contribution in [-0.4, -0.2) is 36.3 Å². The zero-order valence-corrected chi connectivity index (χ0v) is 12.2. The Bertz CT molecular complexity index is 559. The number of fused-ring (bicyclic) bond motifs is 1. The van der Waals surface area contributed by atoms with Crippen LogP contribution in [0, 0.1) is 0 Å². The molecule has 1 aliphatic rings. The molecule has 3 rings (SSSR count). The minimum atomic E-state index is 0. The second-order valence-electron chi connectivity index (χ2n) is 4.77. The Hall–Kier alpha value is -0.970. The molecule has 19 heavy (non-hydrogen) atoms. The molecule has 0 aliphatic carbocycles. The van der Waals surface area contributed by atoms with E-state index < -0.39 is 0 Å². The number of benzene rings is 1. The molecular weight excluding hydrogens is 287 g/mol. The minimum Gasteiger partial charge on any atom is -0.470 e. The summed E-state index contributed by atoms with van der Waals surface area (Å²) in [6.07, 6.45) is 2.41.